The Morgan fingerprint density at radius 2 is 2.11 bits per heavy atom. The van der Waals surface area contributed by atoms with Gasteiger partial charge in [-0.3, -0.25) is 9.82 Å². The van der Waals surface area contributed by atoms with Crippen molar-refractivity contribution < 1.29 is 13.2 Å². The minimum atomic E-state index is -3.67. The molecule has 0 aliphatic carbocycles. The summed E-state index contributed by atoms with van der Waals surface area (Å²) in [7, 11) is -3.67. The molecule has 0 saturated carbocycles. The fourth-order valence-corrected chi connectivity index (χ4v) is 2.85. The van der Waals surface area contributed by atoms with Gasteiger partial charge in [-0.2, -0.15) is 5.10 Å². The number of sulfonamides is 1. The Kier molecular flexibility index (Phi) is 3.75. The fourth-order valence-electron chi connectivity index (χ4n) is 1.64. The Morgan fingerprint density at radius 1 is 1.37 bits per heavy atom. The zero-order valence-corrected chi connectivity index (χ0v) is 11.5. The lowest BCUT2D eigenvalue weighted by Gasteiger charge is -2.12. The second kappa shape index (κ2) is 5.31. The quantitative estimate of drug-likeness (QED) is 0.877. The lowest BCUT2D eigenvalue weighted by molar-refractivity contribution is 0.342. The second-order valence-electron chi connectivity index (χ2n) is 3.89. The summed E-state index contributed by atoms with van der Waals surface area (Å²) in [5, 5.41) is 6.31. The number of para-hydroxylation sites is 2. The number of hydrogen-bond acceptors (Lipinski definition) is 4. The van der Waals surface area contributed by atoms with E-state index in [4.69, 9.17) is 4.74 Å². The molecule has 6 nitrogen and oxygen atoms in total. The summed E-state index contributed by atoms with van der Waals surface area (Å²) in [5.41, 5.74) is 0.895. The van der Waals surface area contributed by atoms with Gasteiger partial charge in [-0.05, 0) is 26.0 Å². The Morgan fingerprint density at radius 3 is 2.74 bits per heavy atom. The van der Waals surface area contributed by atoms with Crippen LogP contribution in [0.4, 0.5) is 5.69 Å². The van der Waals surface area contributed by atoms with Gasteiger partial charge in [0.1, 0.15) is 10.6 Å². The van der Waals surface area contributed by atoms with E-state index >= 15 is 0 Å². The van der Waals surface area contributed by atoms with Crippen molar-refractivity contribution in [3.05, 3.63) is 36.2 Å². The molecular formula is C12H15N3O3S. The Labute approximate surface area is 111 Å². The molecule has 7 heteroatoms. The van der Waals surface area contributed by atoms with Gasteiger partial charge in [0.2, 0.25) is 0 Å². The van der Waals surface area contributed by atoms with E-state index in [0.29, 0.717) is 23.7 Å². The van der Waals surface area contributed by atoms with E-state index in [0.717, 1.165) is 0 Å². The average Bonchev–Trinajstić information content (AvgIpc) is 2.79. The van der Waals surface area contributed by atoms with Crippen molar-refractivity contribution in [2.45, 2.75) is 18.7 Å². The largest absolute Gasteiger partial charge is 0.492 e. The zero-order chi connectivity index (χ0) is 13.9. The Bertz CT molecular complexity index is 664. The smallest absolute Gasteiger partial charge is 0.265 e. The van der Waals surface area contributed by atoms with Crippen LogP contribution < -0.4 is 9.46 Å². The van der Waals surface area contributed by atoms with Crippen LogP contribution in [0.5, 0.6) is 5.75 Å². The molecule has 0 aliphatic rings. The predicted octanol–water partition coefficient (Wildman–Crippen LogP) is 1.92. The third-order valence-corrected chi connectivity index (χ3v) is 3.98. The van der Waals surface area contributed by atoms with Gasteiger partial charge in [0.15, 0.2) is 0 Å². The topological polar surface area (TPSA) is 84.1 Å². The first-order chi connectivity index (χ1) is 9.04. The van der Waals surface area contributed by atoms with E-state index in [9.17, 15) is 8.42 Å². The SMILES string of the molecule is CCOc1ccccc1NS(=O)(=O)c1cn[nH]c1C. The first-order valence-electron chi connectivity index (χ1n) is 5.79. The standard InChI is InChI=1S/C12H15N3O3S/c1-3-18-11-7-5-4-6-10(11)15-19(16,17)12-8-13-14-9(12)2/h4-8,15H,3H2,1-2H3,(H,13,14). The molecule has 2 aromatic rings. The molecule has 0 bridgehead atoms. The fraction of sp³-hybridized carbons (Fsp3) is 0.250. The van der Waals surface area contributed by atoms with Crippen LogP contribution in [0.2, 0.25) is 0 Å². The van der Waals surface area contributed by atoms with Gasteiger partial charge >= 0.3 is 0 Å². The van der Waals surface area contributed by atoms with Crippen LogP contribution in [0.15, 0.2) is 35.4 Å². The normalized spacial score (nSPS) is 11.3. The average molecular weight is 281 g/mol. The number of rotatable bonds is 5. The van der Waals surface area contributed by atoms with Crippen LogP contribution in [-0.4, -0.2) is 25.2 Å². The van der Waals surface area contributed by atoms with Gasteiger partial charge in [0.25, 0.3) is 10.0 Å². The minimum absolute atomic E-state index is 0.124. The number of aromatic nitrogens is 2. The van der Waals surface area contributed by atoms with Crippen LogP contribution in [0.25, 0.3) is 0 Å². The summed E-state index contributed by atoms with van der Waals surface area (Å²) in [6, 6.07) is 6.88. The molecule has 0 saturated heterocycles. The maximum atomic E-state index is 12.2. The van der Waals surface area contributed by atoms with Gasteiger partial charge in [-0.15, -0.1) is 0 Å². The van der Waals surface area contributed by atoms with Crippen LogP contribution in [0.3, 0.4) is 0 Å². The molecule has 0 unspecified atom stereocenters. The lowest BCUT2D eigenvalue weighted by Crippen LogP contribution is -2.14. The summed E-state index contributed by atoms with van der Waals surface area (Å²) in [6.07, 6.45) is 1.28. The number of hydrogen-bond donors (Lipinski definition) is 2. The number of H-pyrrole nitrogens is 1. The molecule has 1 aromatic carbocycles. The number of ether oxygens (including phenoxy) is 1. The van der Waals surface area contributed by atoms with Crippen LogP contribution in [0, 0.1) is 6.92 Å². The van der Waals surface area contributed by atoms with E-state index in [1.807, 2.05) is 6.92 Å². The molecular weight excluding hydrogens is 266 g/mol. The van der Waals surface area contributed by atoms with Crippen molar-refractivity contribution in [1.82, 2.24) is 10.2 Å². The van der Waals surface area contributed by atoms with E-state index in [1.54, 1.807) is 31.2 Å². The summed E-state index contributed by atoms with van der Waals surface area (Å²) in [6.45, 7) is 3.95. The molecule has 0 aliphatic heterocycles. The summed E-state index contributed by atoms with van der Waals surface area (Å²) >= 11 is 0. The third kappa shape index (κ3) is 2.87. The van der Waals surface area contributed by atoms with Crippen LogP contribution in [-0.2, 0) is 10.0 Å². The molecule has 0 radical (unpaired) electrons. The summed E-state index contributed by atoms with van der Waals surface area (Å²) in [5.74, 6) is 0.495. The lowest BCUT2D eigenvalue weighted by atomic mass is 10.3. The van der Waals surface area contributed by atoms with E-state index in [1.165, 1.54) is 6.20 Å². The van der Waals surface area contributed by atoms with Gasteiger partial charge < -0.3 is 4.74 Å². The number of nitrogens with one attached hydrogen (secondary N) is 2. The minimum Gasteiger partial charge on any atom is -0.492 e. The van der Waals surface area contributed by atoms with Crippen molar-refractivity contribution in [1.29, 1.82) is 0 Å². The number of benzene rings is 1. The van der Waals surface area contributed by atoms with Gasteiger partial charge in [0.05, 0.1) is 24.2 Å². The number of nitrogens with zero attached hydrogens (tertiary/aromatic N) is 1. The van der Waals surface area contributed by atoms with E-state index in [-0.39, 0.29) is 4.90 Å². The summed E-state index contributed by atoms with van der Waals surface area (Å²) < 4.78 is 32.3. The van der Waals surface area contributed by atoms with Crippen molar-refractivity contribution in [3.63, 3.8) is 0 Å². The van der Waals surface area contributed by atoms with Crippen LogP contribution in [0.1, 0.15) is 12.6 Å². The van der Waals surface area contributed by atoms with Crippen molar-refractivity contribution in [3.8, 4) is 5.75 Å². The van der Waals surface area contributed by atoms with E-state index in [2.05, 4.69) is 14.9 Å². The Hall–Kier alpha value is -2.02. The molecule has 2 N–H and O–H groups in total. The highest BCUT2D eigenvalue weighted by molar-refractivity contribution is 7.92. The van der Waals surface area contributed by atoms with E-state index < -0.39 is 10.0 Å². The number of aromatic amines is 1. The van der Waals surface area contributed by atoms with Crippen LogP contribution >= 0.6 is 0 Å². The molecule has 2 rings (SSSR count). The van der Waals surface area contributed by atoms with Crippen molar-refractivity contribution >= 4 is 15.7 Å². The molecule has 0 spiro atoms. The molecule has 19 heavy (non-hydrogen) atoms. The summed E-state index contributed by atoms with van der Waals surface area (Å²) in [4.78, 5) is 0.124. The molecule has 0 fully saturated rings. The molecule has 102 valence electrons. The van der Waals surface area contributed by atoms with Gasteiger partial charge in [-0.25, -0.2) is 8.42 Å². The molecule has 0 amide bonds. The molecule has 1 heterocycles. The first-order valence-corrected chi connectivity index (χ1v) is 7.27. The van der Waals surface area contributed by atoms with Crippen molar-refractivity contribution in [2.75, 3.05) is 11.3 Å². The predicted molar refractivity (Wildman–Crippen MR) is 71.7 cm³/mol. The maximum absolute atomic E-state index is 12.2. The maximum Gasteiger partial charge on any atom is 0.265 e. The van der Waals surface area contributed by atoms with Gasteiger partial charge in [0, 0.05) is 0 Å². The zero-order valence-electron chi connectivity index (χ0n) is 10.7. The highest BCUT2D eigenvalue weighted by Crippen LogP contribution is 2.26. The molecule has 0 atom stereocenters. The second-order valence-corrected chi connectivity index (χ2v) is 5.54. The third-order valence-electron chi connectivity index (χ3n) is 2.50. The Balaban J connectivity index is 2.34. The number of aryl methyl sites for hydroxylation is 1. The number of anilines is 1. The van der Waals surface area contributed by atoms with Gasteiger partial charge in [-0.1, -0.05) is 12.1 Å². The highest BCUT2D eigenvalue weighted by Gasteiger charge is 2.20. The highest BCUT2D eigenvalue weighted by atomic mass is 32.2. The monoisotopic (exact) mass is 281 g/mol. The molecule has 1 aromatic heterocycles. The van der Waals surface area contributed by atoms with Crippen molar-refractivity contribution in [2.24, 2.45) is 0 Å². The first kappa shape index (κ1) is 13.4.